The van der Waals surface area contributed by atoms with E-state index in [1.165, 1.54) is 7.11 Å². The van der Waals surface area contributed by atoms with Gasteiger partial charge in [-0.05, 0) is 0 Å². The second-order valence-electron chi connectivity index (χ2n) is 2.69. The maximum Gasteiger partial charge on any atom is 0.324 e. The summed E-state index contributed by atoms with van der Waals surface area (Å²) in [4.78, 5) is 14.9. The highest BCUT2D eigenvalue weighted by Crippen LogP contribution is 2.08. The van der Waals surface area contributed by atoms with Gasteiger partial charge in [0, 0.05) is 25.4 Å². The van der Waals surface area contributed by atoms with Gasteiger partial charge in [0.2, 0.25) is 0 Å². The van der Waals surface area contributed by atoms with Crippen LogP contribution >= 0.6 is 11.6 Å². The van der Waals surface area contributed by atoms with E-state index in [0.29, 0.717) is 6.42 Å². The molecule has 0 fully saturated rings. The Morgan fingerprint density at radius 2 is 2.54 bits per heavy atom. The van der Waals surface area contributed by atoms with Crippen LogP contribution in [0.2, 0.25) is 0 Å². The standard InChI is InChI=1S/C8H11ClN2O2/c1-11-5-10-4-6(11)3-7(9)8(12)13-2/h4-5,7H,3H2,1-2H3. The lowest BCUT2D eigenvalue weighted by Crippen LogP contribution is -2.19. The van der Waals surface area contributed by atoms with Crippen molar-refractivity contribution in [2.24, 2.45) is 7.05 Å². The number of aromatic nitrogens is 2. The zero-order chi connectivity index (χ0) is 9.84. The maximum atomic E-state index is 11.0. The second kappa shape index (κ2) is 4.28. The first kappa shape index (κ1) is 10.1. The van der Waals surface area contributed by atoms with Gasteiger partial charge in [0.25, 0.3) is 0 Å². The van der Waals surface area contributed by atoms with E-state index >= 15 is 0 Å². The van der Waals surface area contributed by atoms with E-state index in [0.717, 1.165) is 5.69 Å². The summed E-state index contributed by atoms with van der Waals surface area (Å²) in [7, 11) is 3.17. The lowest BCUT2D eigenvalue weighted by atomic mass is 10.2. The average molecular weight is 203 g/mol. The van der Waals surface area contributed by atoms with Crippen LogP contribution in [-0.2, 0) is 23.0 Å². The molecule has 13 heavy (non-hydrogen) atoms. The normalized spacial score (nSPS) is 12.5. The first-order valence-electron chi connectivity index (χ1n) is 3.82. The minimum absolute atomic E-state index is 0.414. The molecule has 1 rings (SSSR count). The van der Waals surface area contributed by atoms with Crippen LogP contribution in [0.1, 0.15) is 5.69 Å². The number of hydrogen-bond donors (Lipinski definition) is 0. The van der Waals surface area contributed by atoms with Crippen molar-refractivity contribution in [2.45, 2.75) is 11.8 Å². The van der Waals surface area contributed by atoms with Gasteiger partial charge < -0.3 is 9.30 Å². The minimum atomic E-state index is -0.639. The van der Waals surface area contributed by atoms with Crippen LogP contribution < -0.4 is 0 Å². The van der Waals surface area contributed by atoms with E-state index in [1.807, 2.05) is 11.6 Å². The third-order valence-corrected chi connectivity index (χ3v) is 2.09. The summed E-state index contributed by atoms with van der Waals surface area (Å²) in [6, 6.07) is 0. The van der Waals surface area contributed by atoms with E-state index < -0.39 is 11.3 Å². The molecule has 1 unspecified atom stereocenters. The smallest absolute Gasteiger partial charge is 0.324 e. The van der Waals surface area contributed by atoms with Crippen LogP contribution in [0.4, 0.5) is 0 Å². The number of imidazole rings is 1. The SMILES string of the molecule is COC(=O)C(Cl)Cc1cncn1C. The molecule has 4 nitrogen and oxygen atoms in total. The van der Waals surface area contributed by atoms with Gasteiger partial charge in [0.1, 0.15) is 5.38 Å². The number of alkyl halides is 1. The quantitative estimate of drug-likeness (QED) is 0.537. The molecular formula is C8H11ClN2O2. The zero-order valence-electron chi connectivity index (χ0n) is 7.53. The molecule has 0 saturated carbocycles. The Kier molecular flexibility index (Phi) is 3.31. The van der Waals surface area contributed by atoms with Crippen molar-refractivity contribution in [2.75, 3.05) is 7.11 Å². The molecule has 0 amide bonds. The molecule has 1 aromatic rings. The van der Waals surface area contributed by atoms with E-state index in [9.17, 15) is 4.79 Å². The number of rotatable bonds is 3. The van der Waals surface area contributed by atoms with Crippen molar-refractivity contribution in [3.63, 3.8) is 0 Å². The van der Waals surface area contributed by atoms with Crippen molar-refractivity contribution in [3.8, 4) is 0 Å². The Hall–Kier alpha value is -1.03. The van der Waals surface area contributed by atoms with Crippen LogP contribution in [0.5, 0.6) is 0 Å². The Morgan fingerprint density at radius 1 is 1.85 bits per heavy atom. The monoisotopic (exact) mass is 202 g/mol. The van der Waals surface area contributed by atoms with Gasteiger partial charge in [0.15, 0.2) is 0 Å². The molecule has 1 aromatic heterocycles. The highest BCUT2D eigenvalue weighted by Gasteiger charge is 2.17. The summed E-state index contributed by atoms with van der Waals surface area (Å²) < 4.78 is 6.32. The molecule has 0 N–H and O–H groups in total. The fourth-order valence-corrected chi connectivity index (χ4v) is 1.22. The Labute approximate surface area is 81.5 Å². The fraction of sp³-hybridized carbons (Fsp3) is 0.500. The number of nitrogens with zero attached hydrogens (tertiary/aromatic N) is 2. The van der Waals surface area contributed by atoms with Gasteiger partial charge in [-0.15, -0.1) is 11.6 Å². The third kappa shape index (κ3) is 2.45. The number of halogens is 1. The van der Waals surface area contributed by atoms with Gasteiger partial charge in [0.05, 0.1) is 13.4 Å². The van der Waals surface area contributed by atoms with Gasteiger partial charge in [-0.25, -0.2) is 4.98 Å². The molecule has 0 bridgehead atoms. The maximum absolute atomic E-state index is 11.0. The molecule has 1 heterocycles. The topological polar surface area (TPSA) is 44.1 Å². The van der Waals surface area contributed by atoms with Crippen molar-refractivity contribution in [1.82, 2.24) is 9.55 Å². The lowest BCUT2D eigenvalue weighted by Gasteiger charge is -2.06. The van der Waals surface area contributed by atoms with Gasteiger partial charge in [-0.2, -0.15) is 0 Å². The van der Waals surface area contributed by atoms with Gasteiger partial charge >= 0.3 is 5.97 Å². The molecule has 0 aliphatic carbocycles. The zero-order valence-corrected chi connectivity index (χ0v) is 8.28. The van der Waals surface area contributed by atoms with E-state index in [2.05, 4.69) is 9.72 Å². The first-order chi connectivity index (χ1) is 6.15. The summed E-state index contributed by atoms with van der Waals surface area (Å²) in [6.45, 7) is 0. The number of hydrogen-bond acceptors (Lipinski definition) is 3. The van der Waals surface area contributed by atoms with Gasteiger partial charge in [-0.3, -0.25) is 4.79 Å². The van der Waals surface area contributed by atoms with Crippen molar-refractivity contribution in [3.05, 3.63) is 18.2 Å². The molecule has 5 heteroatoms. The second-order valence-corrected chi connectivity index (χ2v) is 3.22. The number of ether oxygens (including phenoxy) is 1. The third-order valence-electron chi connectivity index (χ3n) is 1.76. The minimum Gasteiger partial charge on any atom is -0.468 e. The molecule has 1 atom stereocenters. The number of carbonyl (C=O) groups excluding carboxylic acids is 1. The molecule has 0 spiro atoms. The summed E-state index contributed by atoms with van der Waals surface area (Å²) >= 11 is 5.78. The van der Waals surface area contributed by atoms with Crippen molar-refractivity contribution in [1.29, 1.82) is 0 Å². The van der Waals surface area contributed by atoms with E-state index in [4.69, 9.17) is 11.6 Å². The molecule has 0 saturated heterocycles. The molecule has 0 aromatic carbocycles. The van der Waals surface area contributed by atoms with Crippen LogP contribution in [-0.4, -0.2) is 28.0 Å². The van der Waals surface area contributed by atoms with Crippen molar-refractivity contribution >= 4 is 17.6 Å². The largest absolute Gasteiger partial charge is 0.468 e. The average Bonchev–Trinajstić information content (AvgIpc) is 2.50. The number of aryl methyl sites for hydroxylation is 1. The number of methoxy groups -OCH3 is 1. The number of esters is 1. The predicted molar refractivity (Wildman–Crippen MR) is 48.6 cm³/mol. The summed E-state index contributed by atoms with van der Waals surface area (Å²) in [5.74, 6) is -0.414. The van der Waals surface area contributed by atoms with Crippen molar-refractivity contribution < 1.29 is 9.53 Å². The van der Waals surface area contributed by atoms with E-state index in [1.54, 1.807) is 12.5 Å². The Balaban J connectivity index is 2.59. The molecule has 0 aliphatic heterocycles. The van der Waals surface area contributed by atoms with Crippen LogP contribution in [0.15, 0.2) is 12.5 Å². The fourth-order valence-electron chi connectivity index (χ4n) is 0.976. The van der Waals surface area contributed by atoms with E-state index in [-0.39, 0.29) is 0 Å². The van der Waals surface area contributed by atoms with Gasteiger partial charge in [-0.1, -0.05) is 0 Å². The first-order valence-corrected chi connectivity index (χ1v) is 4.26. The van der Waals surface area contributed by atoms with Crippen LogP contribution in [0, 0.1) is 0 Å². The predicted octanol–water partition coefficient (Wildman–Crippen LogP) is 0.743. The summed E-state index contributed by atoms with van der Waals surface area (Å²) in [5, 5.41) is -0.639. The number of carbonyl (C=O) groups is 1. The highest BCUT2D eigenvalue weighted by atomic mass is 35.5. The highest BCUT2D eigenvalue weighted by molar-refractivity contribution is 6.29. The summed E-state index contributed by atoms with van der Waals surface area (Å²) in [5.41, 5.74) is 0.908. The summed E-state index contributed by atoms with van der Waals surface area (Å²) in [6.07, 6.45) is 3.78. The Morgan fingerprint density at radius 3 is 3.00 bits per heavy atom. The lowest BCUT2D eigenvalue weighted by molar-refractivity contribution is -0.140. The molecule has 0 radical (unpaired) electrons. The molecular weight excluding hydrogens is 192 g/mol. The molecule has 0 aliphatic rings. The Bertz CT molecular complexity index is 298. The molecule has 72 valence electrons. The van der Waals surface area contributed by atoms with Crippen LogP contribution in [0.25, 0.3) is 0 Å². The van der Waals surface area contributed by atoms with Crippen LogP contribution in [0.3, 0.4) is 0 Å².